The molecule has 2 nitrogen and oxygen atoms in total. The second-order valence-electron chi connectivity index (χ2n) is 3.30. The van der Waals surface area contributed by atoms with Gasteiger partial charge in [-0.15, -0.1) is 0 Å². The fourth-order valence-electron chi connectivity index (χ4n) is 1.09. The molecule has 0 heterocycles. The molecule has 1 atom stereocenters. The molecule has 0 spiro atoms. The van der Waals surface area contributed by atoms with Crippen LogP contribution in [0.4, 0.5) is 0 Å². The van der Waals surface area contributed by atoms with Gasteiger partial charge in [-0.2, -0.15) is 0 Å². The van der Waals surface area contributed by atoms with Crippen LogP contribution in [0.15, 0.2) is 27.1 Å². The predicted molar refractivity (Wildman–Crippen MR) is 67.2 cm³/mol. The smallest absolute Gasteiger partial charge is 0.0209 e. The Morgan fingerprint density at radius 3 is 2.36 bits per heavy atom. The number of hydrogen-bond acceptors (Lipinski definition) is 2. The fraction of sp³-hybridized carbons (Fsp3) is 0.400. The topological polar surface area (TPSA) is 38.0 Å². The molecule has 0 saturated heterocycles. The van der Waals surface area contributed by atoms with E-state index >= 15 is 0 Å². The van der Waals surface area contributed by atoms with Gasteiger partial charge in [-0.05, 0) is 30.7 Å². The van der Waals surface area contributed by atoms with Gasteiger partial charge < -0.3 is 11.1 Å². The van der Waals surface area contributed by atoms with Gasteiger partial charge in [0, 0.05) is 28.1 Å². The van der Waals surface area contributed by atoms with Gasteiger partial charge in [-0.1, -0.05) is 31.9 Å². The lowest BCUT2D eigenvalue weighted by Crippen LogP contribution is -2.32. The van der Waals surface area contributed by atoms with Gasteiger partial charge in [0.2, 0.25) is 0 Å². The van der Waals surface area contributed by atoms with E-state index in [0.29, 0.717) is 12.6 Å². The van der Waals surface area contributed by atoms with E-state index in [1.54, 1.807) is 0 Å². The zero-order chi connectivity index (χ0) is 10.6. The predicted octanol–water partition coefficient (Wildman–Crippen LogP) is 2.65. The molecule has 0 fully saturated rings. The Balaban J connectivity index is 2.58. The minimum absolute atomic E-state index is 0.354. The molecule has 78 valence electrons. The molecule has 0 bridgehead atoms. The molecule has 0 aliphatic carbocycles. The fourth-order valence-corrected chi connectivity index (χ4v) is 2.48. The third-order valence-electron chi connectivity index (χ3n) is 1.93. The van der Waals surface area contributed by atoms with Crippen molar-refractivity contribution in [2.75, 3.05) is 6.54 Å². The van der Waals surface area contributed by atoms with E-state index in [-0.39, 0.29) is 0 Å². The number of nitrogens with two attached hydrogens (primary N) is 1. The maximum absolute atomic E-state index is 5.51. The first-order valence-corrected chi connectivity index (χ1v) is 6.09. The maximum Gasteiger partial charge on any atom is 0.0209 e. The summed E-state index contributed by atoms with van der Waals surface area (Å²) in [6, 6.07) is 6.57. The van der Waals surface area contributed by atoms with Crippen molar-refractivity contribution in [3.63, 3.8) is 0 Å². The van der Waals surface area contributed by atoms with Gasteiger partial charge in [-0.25, -0.2) is 0 Å². The molecular weight excluding hydrogens is 308 g/mol. The van der Waals surface area contributed by atoms with Gasteiger partial charge in [-0.3, -0.25) is 0 Å². The quantitative estimate of drug-likeness (QED) is 0.894. The molecule has 1 aromatic rings. The third-order valence-corrected chi connectivity index (χ3v) is 2.85. The van der Waals surface area contributed by atoms with Crippen molar-refractivity contribution in [3.8, 4) is 0 Å². The van der Waals surface area contributed by atoms with Crippen molar-refractivity contribution >= 4 is 31.9 Å². The van der Waals surface area contributed by atoms with Crippen LogP contribution in [0, 0.1) is 0 Å². The van der Waals surface area contributed by atoms with Crippen LogP contribution in [0.1, 0.15) is 12.5 Å². The molecule has 0 radical (unpaired) electrons. The van der Waals surface area contributed by atoms with Crippen LogP contribution in [0.5, 0.6) is 0 Å². The minimum atomic E-state index is 0.354. The van der Waals surface area contributed by atoms with Crippen molar-refractivity contribution in [2.45, 2.75) is 19.5 Å². The standard InChI is InChI=1S/C10H14Br2N2/c1-7(5-13)14-6-8-2-9(11)4-10(12)3-8/h2-4,7,14H,5-6,13H2,1H3/t7-/m0/s1. The highest BCUT2D eigenvalue weighted by Gasteiger charge is 2.00. The number of nitrogens with one attached hydrogen (secondary N) is 1. The molecule has 4 heteroatoms. The van der Waals surface area contributed by atoms with E-state index in [1.165, 1.54) is 5.56 Å². The average Bonchev–Trinajstić information content (AvgIpc) is 2.12. The van der Waals surface area contributed by atoms with Gasteiger partial charge in [0.1, 0.15) is 0 Å². The summed E-state index contributed by atoms with van der Waals surface area (Å²) in [5.41, 5.74) is 6.76. The van der Waals surface area contributed by atoms with Crippen LogP contribution in [0.3, 0.4) is 0 Å². The molecule has 0 amide bonds. The Bertz CT molecular complexity index is 282. The van der Waals surface area contributed by atoms with E-state index in [4.69, 9.17) is 5.73 Å². The van der Waals surface area contributed by atoms with E-state index in [1.807, 2.05) is 6.07 Å². The van der Waals surface area contributed by atoms with Crippen molar-refractivity contribution in [1.29, 1.82) is 0 Å². The molecule has 0 aliphatic heterocycles. The van der Waals surface area contributed by atoms with Gasteiger partial charge in [0.15, 0.2) is 0 Å². The maximum atomic E-state index is 5.51. The summed E-state index contributed by atoms with van der Waals surface area (Å²) in [4.78, 5) is 0. The lowest BCUT2D eigenvalue weighted by atomic mass is 10.2. The number of rotatable bonds is 4. The number of hydrogen-bond donors (Lipinski definition) is 2. The van der Waals surface area contributed by atoms with Crippen molar-refractivity contribution in [1.82, 2.24) is 5.32 Å². The highest BCUT2D eigenvalue weighted by molar-refractivity contribution is 9.11. The molecule has 3 N–H and O–H groups in total. The zero-order valence-electron chi connectivity index (χ0n) is 8.06. The molecule has 0 aromatic heterocycles. The molecule has 14 heavy (non-hydrogen) atoms. The summed E-state index contributed by atoms with van der Waals surface area (Å²) >= 11 is 6.91. The van der Waals surface area contributed by atoms with Crippen molar-refractivity contribution in [2.24, 2.45) is 5.73 Å². The first kappa shape index (κ1) is 12.2. The first-order valence-electron chi connectivity index (χ1n) is 4.50. The molecule has 1 rings (SSSR count). The SMILES string of the molecule is C[C@@H](CN)NCc1cc(Br)cc(Br)c1. The second kappa shape index (κ2) is 5.85. The number of halogens is 2. The number of benzene rings is 1. The lowest BCUT2D eigenvalue weighted by molar-refractivity contribution is 0.556. The summed E-state index contributed by atoms with van der Waals surface area (Å²) in [6.45, 7) is 3.58. The van der Waals surface area contributed by atoms with E-state index < -0.39 is 0 Å². The summed E-state index contributed by atoms with van der Waals surface area (Å²) < 4.78 is 2.17. The summed E-state index contributed by atoms with van der Waals surface area (Å²) in [7, 11) is 0. The third kappa shape index (κ3) is 4.09. The van der Waals surface area contributed by atoms with Crippen LogP contribution in [-0.2, 0) is 6.54 Å². The Morgan fingerprint density at radius 2 is 1.86 bits per heavy atom. The van der Waals surface area contributed by atoms with Crippen LogP contribution < -0.4 is 11.1 Å². The van der Waals surface area contributed by atoms with Crippen molar-refractivity contribution < 1.29 is 0 Å². The van der Waals surface area contributed by atoms with Crippen LogP contribution in [0.2, 0.25) is 0 Å². The summed E-state index contributed by atoms with van der Waals surface area (Å²) in [6.07, 6.45) is 0. The largest absolute Gasteiger partial charge is 0.329 e. The second-order valence-corrected chi connectivity index (χ2v) is 5.13. The Kier molecular flexibility index (Phi) is 5.09. The normalized spacial score (nSPS) is 12.9. The van der Waals surface area contributed by atoms with Crippen LogP contribution in [0.25, 0.3) is 0 Å². The monoisotopic (exact) mass is 320 g/mol. The Morgan fingerprint density at radius 1 is 1.29 bits per heavy atom. The van der Waals surface area contributed by atoms with E-state index in [9.17, 15) is 0 Å². The Labute approximate surface area is 102 Å². The highest BCUT2D eigenvalue weighted by atomic mass is 79.9. The highest BCUT2D eigenvalue weighted by Crippen LogP contribution is 2.19. The summed E-state index contributed by atoms with van der Waals surface area (Å²) in [5.74, 6) is 0. The molecule has 0 aliphatic rings. The van der Waals surface area contributed by atoms with Gasteiger partial charge in [0.25, 0.3) is 0 Å². The summed E-state index contributed by atoms with van der Waals surface area (Å²) in [5, 5.41) is 3.34. The van der Waals surface area contributed by atoms with Gasteiger partial charge in [0.05, 0.1) is 0 Å². The first-order chi connectivity index (χ1) is 6.61. The van der Waals surface area contributed by atoms with E-state index in [2.05, 4.69) is 56.2 Å². The molecule has 0 saturated carbocycles. The minimum Gasteiger partial charge on any atom is -0.329 e. The lowest BCUT2D eigenvalue weighted by Gasteiger charge is -2.11. The van der Waals surface area contributed by atoms with E-state index in [0.717, 1.165) is 15.5 Å². The van der Waals surface area contributed by atoms with Crippen LogP contribution >= 0.6 is 31.9 Å². The Hall–Kier alpha value is 0.1000. The van der Waals surface area contributed by atoms with Crippen molar-refractivity contribution in [3.05, 3.63) is 32.7 Å². The van der Waals surface area contributed by atoms with Crippen LogP contribution in [-0.4, -0.2) is 12.6 Å². The molecular formula is C10H14Br2N2. The molecule has 1 aromatic carbocycles. The molecule has 0 unspecified atom stereocenters. The zero-order valence-corrected chi connectivity index (χ0v) is 11.2. The average molecular weight is 322 g/mol. The van der Waals surface area contributed by atoms with Gasteiger partial charge >= 0.3 is 0 Å².